The third-order valence-corrected chi connectivity index (χ3v) is 2.37. The van der Waals surface area contributed by atoms with Gasteiger partial charge in [0, 0.05) is 0 Å². The molecule has 1 rings (SSSR count). The van der Waals surface area contributed by atoms with Crippen LogP contribution in [-0.4, -0.2) is 12.6 Å². The molecule has 2 heteroatoms. The van der Waals surface area contributed by atoms with Crippen LogP contribution in [0.25, 0.3) is 0 Å². The van der Waals surface area contributed by atoms with E-state index in [0.717, 1.165) is 12.8 Å². The smallest absolute Gasteiger partial charge is 0.211 e. The fourth-order valence-corrected chi connectivity index (χ4v) is 1.37. The van der Waals surface area contributed by atoms with Crippen molar-refractivity contribution in [3.05, 3.63) is 34.9 Å². The second kappa shape index (κ2) is 5.36. The minimum Gasteiger partial charge on any atom is -0.211 e. The molecule has 0 atom stereocenters. The van der Waals surface area contributed by atoms with Crippen molar-refractivity contribution in [2.75, 3.05) is 6.54 Å². The number of aryl methyl sites for hydroxylation is 3. The third-order valence-electron chi connectivity index (χ3n) is 2.37. The SMILES string of the molecule is Cc1ccc(CCCN=C=O)cc1C. The third kappa shape index (κ3) is 3.15. The van der Waals surface area contributed by atoms with Crippen molar-refractivity contribution in [1.29, 1.82) is 0 Å². The van der Waals surface area contributed by atoms with Gasteiger partial charge in [0.05, 0.1) is 6.54 Å². The zero-order valence-electron chi connectivity index (χ0n) is 8.71. The van der Waals surface area contributed by atoms with E-state index in [0.29, 0.717) is 6.54 Å². The lowest BCUT2D eigenvalue weighted by molar-refractivity contribution is 0.562. The van der Waals surface area contributed by atoms with E-state index < -0.39 is 0 Å². The van der Waals surface area contributed by atoms with Gasteiger partial charge in [0.2, 0.25) is 6.08 Å². The largest absolute Gasteiger partial charge is 0.234 e. The Morgan fingerprint density at radius 2 is 2.07 bits per heavy atom. The molecule has 0 amide bonds. The van der Waals surface area contributed by atoms with Gasteiger partial charge in [-0.25, -0.2) is 9.79 Å². The fourth-order valence-electron chi connectivity index (χ4n) is 1.37. The summed E-state index contributed by atoms with van der Waals surface area (Å²) in [6.07, 6.45) is 3.44. The first-order valence-corrected chi connectivity index (χ1v) is 4.84. The summed E-state index contributed by atoms with van der Waals surface area (Å²) in [6, 6.07) is 6.46. The van der Waals surface area contributed by atoms with Gasteiger partial charge in [-0.05, 0) is 43.4 Å². The molecule has 0 saturated heterocycles. The van der Waals surface area contributed by atoms with Crippen molar-refractivity contribution in [3.8, 4) is 0 Å². The number of rotatable bonds is 4. The Kier molecular flexibility index (Phi) is 4.09. The molecule has 0 saturated carbocycles. The van der Waals surface area contributed by atoms with Crippen LogP contribution in [0.2, 0.25) is 0 Å². The van der Waals surface area contributed by atoms with Gasteiger partial charge >= 0.3 is 0 Å². The van der Waals surface area contributed by atoms with Crippen LogP contribution < -0.4 is 0 Å². The van der Waals surface area contributed by atoms with E-state index in [2.05, 4.69) is 37.0 Å². The molecule has 2 nitrogen and oxygen atoms in total. The molecule has 0 unspecified atom stereocenters. The second-order valence-corrected chi connectivity index (χ2v) is 3.50. The molecule has 0 heterocycles. The molecule has 14 heavy (non-hydrogen) atoms. The molecule has 1 aromatic rings. The molecule has 0 aliphatic rings. The summed E-state index contributed by atoms with van der Waals surface area (Å²) in [6.45, 7) is 4.80. The predicted molar refractivity (Wildman–Crippen MR) is 57.2 cm³/mol. The molecule has 0 N–H and O–H groups in total. The lowest BCUT2D eigenvalue weighted by Gasteiger charge is -2.03. The topological polar surface area (TPSA) is 29.4 Å². The Hall–Kier alpha value is -1.40. The average molecular weight is 189 g/mol. The van der Waals surface area contributed by atoms with Gasteiger partial charge in [-0.2, -0.15) is 0 Å². The maximum Gasteiger partial charge on any atom is 0.234 e. The summed E-state index contributed by atoms with van der Waals surface area (Å²) in [5.74, 6) is 0. The van der Waals surface area contributed by atoms with Crippen LogP contribution in [0.1, 0.15) is 23.1 Å². The van der Waals surface area contributed by atoms with E-state index in [4.69, 9.17) is 0 Å². The van der Waals surface area contributed by atoms with E-state index in [1.165, 1.54) is 16.7 Å². The van der Waals surface area contributed by atoms with Gasteiger partial charge in [-0.3, -0.25) is 0 Å². The van der Waals surface area contributed by atoms with Gasteiger partial charge in [-0.15, -0.1) is 0 Å². The van der Waals surface area contributed by atoms with Crippen LogP contribution in [0.4, 0.5) is 0 Å². The standard InChI is InChI=1S/C12H15NO/c1-10-5-6-12(8-11(10)2)4-3-7-13-9-14/h5-6,8H,3-4,7H2,1-2H3. The minimum absolute atomic E-state index is 0.580. The van der Waals surface area contributed by atoms with Gasteiger partial charge in [0.25, 0.3) is 0 Å². The minimum atomic E-state index is 0.580. The number of carbonyl (C=O) groups excluding carboxylic acids is 1. The normalized spacial score (nSPS) is 9.57. The van der Waals surface area contributed by atoms with Crippen LogP contribution in [0, 0.1) is 13.8 Å². The quantitative estimate of drug-likeness (QED) is 0.406. The van der Waals surface area contributed by atoms with Crippen molar-refractivity contribution in [1.82, 2.24) is 0 Å². The Morgan fingerprint density at radius 1 is 1.29 bits per heavy atom. The van der Waals surface area contributed by atoms with Gasteiger partial charge < -0.3 is 0 Å². The lowest BCUT2D eigenvalue weighted by Crippen LogP contribution is -1.90. The Labute approximate surface area is 84.7 Å². The van der Waals surface area contributed by atoms with Gasteiger partial charge in [0.15, 0.2) is 0 Å². The molecule has 0 spiro atoms. The van der Waals surface area contributed by atoms with Crippen molar-refractivity contribution in [3.63, 3.8) is 0 Å². The molecule has 1 aromatic carbocycles. The molecule has 0 bridgehead atoms. The van der Waals surface area contributed by atoms with E-state index in [-0.39, 0.29) is 0 Å². The molecular weight excluding hydrogens is 174 g/mol. The number of hydrogen-bond acceptors (Lipinski definition) is 2. The molecule has 0 aromatic heterocycles. The Morgan fingerprint density at radius 3 is 2.71 bits per heavy atom. The van der Waals surface area contributed by atoms with Crippen LogP contribution in [0.15, 0.2) is 23.2 Å². The Bertz CT molecular complexity index is 351. The molecule has 74 valence electrons. The monoisotopic (exact) mass is 189 g/mol. The van der Waals surface area contributed by atoms with Crippen molar-refractivity contribution in [2.24, 2.45) is 4.99 Å². The number of isocyanates is 1. The summed E-state index contributed by atoms with van der Waals surface area (Å²) in [5.41, 5.74) is 3.95. The highest BCUT2D eigenvalue weighted by molar-refractivity contribution is 5.33. The first kappa shape index (κ1) is 10.7. The summed E-state index contributed by atoms with van der Waals surface area (Å²) in [5, 5.41) is 0. The first-order chi connectivity index (χ1) is 6.74. The average Bonchev–Trinajstić information content (AvgIpc) is 2.18. The second-order valence-electron chi connectivity index (χ2n) is 3.50. The lowest BCUT2D eigenvalue weighted by atomic mass is 10.0. The zero-order chi connectivity index (χ0) is 10.4. The highest BCUT2D eigenvalue weighted by atomic mass is 16.1. The highest BCUT2D eigenvalue weighted by Gasteiger charge is 1.95. The zero-order valence-corrected chi connectivity index (χ0v) is 8.71. The number of benzene rings is 1. The van der Waals surface area contributed by atoms with E-state index >= 15 is 0 Å². The number of hydrogen-bond donors (Lipinski definition) is 0. The van der Waals surface area contributed by atoms with Crippen molar-refractivity contribution < 1.29 is 4.79 Å². The van der Waals surface area contributed by atoms with E-state index in [1.54, 1.807) is 6.08 Å². The predicted octanol–water partition coefficient (Wildman–Crippen LogP) is 2.57. The van der Waals surface area contributed by atoms with Gasteiger partial charge in [0.1, 0.15) is 0 Å². The van der Waals surface area contributed by atoms with Crippen LogP contribution in [-0.2, 0) is 11.2 Å². The number of aliphatic imine (C=N–C) groups is 1. The summed E-state index contributed by atoms with van der Waals surface area (Å²) < 4.78 is 0. The Balaban J connectivity index is 2.51. The van der Waals surface area contributed by atoms with Crippen LogP contribution >= 0.6 is 0 Å². The summed E-state index contributed by atoms with van der Waals surface area (Å²) >= 11 is 0. The molecular formula is C12H15NO. The van der Waals surface area contributed by atoms with E-state index in [1.807, 2.05) is 0 Å². The van der Waals surface area contributed by atoms with Crippen LogP contribution in [0.3, 0.4) is 0 Å². The van der Waals surface area contributed by atoms with Crippen molar-refractivity contribution >= 4 is 6.08 Å². The van der Waals surface area contributed by atoms with Gasteiger partial charge in [-0.1, -0.05) is 18.2 Å². The molecule has 0 aliphatic heterocycles. The molecule has 0 radical (unpaired) electrons. The highest BCUT2D eigenvalue weighted by Crippen LogP contribution is 2.11. The van der Waals surface area contributed by atoms with Crippen LogP contribution in [0.5, 0.6) is 0 Å². The maximum atomic E-state index is 9.82. The molecule has 0 fully saturated rings. The fraction of sp³-hybridized carbons (Fsp3) is 0.417. The molecule has 0 aliphatic carbocycles. The summed E-state index contributed by atoms with van der Waals surface area (Å²) in [4.78, 5) is 13.3. The van der Waals surface area contributed by atoms with Crippen molar-refractivity contribution in [2.45, 2.75) is 26.7 Å². The first-order valence-electron chi connectivity index (χ1n) is 4.84. The van der Waals surface area contributed by atoms with E-state index in [9.17, 15) is 4.79 Å². The number of nitrogens with zero attached hydrogens (tertiary/aromatic N) is 1. The summed E-state index contributed by atoms with van der Waals surface area (Å²) in [7, 11) is 0. The maximum absolute atomic E-state index is 9.82.